The molecule has 0 atom stereocenters. The molecule has 0 bridgehead atoms. The first-order valence-electron chi connectivity index (χ1n) is 6.39. The maximum Gasteiger partial charge on any atom is 0.151 e. The number of rotatable bonds is 2. The van der Waals surface area contributed by atoms with E-state index in [2.05, 4.69) is 36.3 Å². The summed E-state index contributed by atoms with van der Waals surface area (Å²) in [5.74, 6) is 0.956. The topological polar surface area (TPSA) is 41.0 Å². The SMILES string of the molecule is Brc1ccccc1-c1ccc(N2CCNCC2)nn1. The monoisotopic (exact) mass is 318 g/mol. The van der Waals surface area contributed by atoms with Crippen molar-refractivity contribution in [2.75, 3.05) is 31.1 Å². The zero-order valence-corrected chi connectivity index (χ0v) is 12.1. The molecule has 2 heterocycles. The van der Waals surface area contributed by atoms with Gasteiger partial charge in [-0.3, -0.25) is 0 Å². The molecule has 1 saturated heterocycles. The van der Waals surface area contributed by atoms with Crippen molar-refractivity contribution < 1.29 is 0 Å². The lowest BCUT2D eigenvalue weighted by molar-refractivity contribution is 0.583. The second-order valence-corrected chi connectivity index (χ2v) is 5.35. The van der Waals surface area contributed by atoms with E-state index in [0.29, 0.717) is 0 Å². The van der Waals surface area contributed by atoms with Crippen molar-refractivity contribution in [3.63, 3.8) is 0 Å². The largest absolute Gasteiger partial charge is 0.353 e. The van der Waals surface area contributed by atoms with Crippen LogP contribution in [0.15, 0.2) is 40.9 Å². The lowest BCUT2D eigenvalue weighted by atomic mass is 10.1. The minimum absolute atomic E-state index is 0.895. The van der Waals surface area contributed by atoms with E-state index in [1.165, 1.54) is 0 Å². The van der Waals surface area contributed by atoms with Crippen molar-refractivity contribution >= 4 is 21.7 Å². The lowest BCUT2D eigenvalue weighted by Gasteiger charge is -2.27. The summed E-state index contributed by atoms with van der Waals surface area (Å²) in [7, 11) is 0. The Morgan fingerprint density at radius 2 is 1.79 bits per heavy atom. The molecule has 2 aromatic rings. The number of anilines is 1. The summed E-state index contributed by atoms with van der Waals surface area (Å²) < 4.78 is 1.04. The zero-order chi connectivity index (χ0) is 13.1. The van der Waals surface area contributed by atoms with E-state index in [1.807, 2.05) is 36.4 Å². The molecule has 0 amide bonds. The van der Waals surface area contributed by atoms with E-state index in [-0.39, 0.29) is 0 Å². The maximum atomic E-state index is 4.35. The molecule has 1 aliphatic rings. The first kappa shape index (κ1) is 12.6. The molecule has 0 unspecified atom stereocenters. The fraction of sp³-hybridized carbons (Fsp3) is 0.286. The Morgan fingerprint density at radius 3 is 2.47 bits per heavy atom. The molecular formula is C14H15BrN4. The van der Waals surface area contributed by atoms with Crippen LogP contribution in [0.3, 0.4) is 0 Å². The van der Waals surface area contributed by atoms with Crippen LogP contribution in [-0.4, -0.2) is 36.4 Å². The minimum Gasteiger partial charge on any atom is -0.353 e. The molecule has 5 heteroatoms. The summed E-state index contributed by atoms with van der Waals surface area (Å²) in [5, 5.41) is 12.0. The predicted molar refractivity (Wildman–Crippen MR) is 80.3 cm³/mol. The van der Waals surface area contributed by atoms with Crippen LogP contribution in [0.4, 0.5) is 5.82 Å². The first-order chi connectivity index (χ1) is 9.34. The lowest BCUT2D eigenvalue weighted by Crippen LogP contribution is -2.43. The Balaban J connectivity index is 1.84. The molecule has 1 aliphatic heterocycles. The van der Waals surface area contributed by atoms with Crippen molar-refractivity contribution in [1.82, 2.24) is 15.5 Å². The van der Waals surface area contributed by atoms with Gasteiger partial charge in [-0.2, -0.15) is 0 Å². The molecular weight excluding hydrogens is 304 g/mol. The molecule has 0 aliphatic carbocycles. The van der Waals surface area contributed by atoms with Crippen LogP contribution < -0.4 is 10.2 Å². The summed E-state index contributed by atoms with van der Waals surface area (Å²) in [5.41, 5.74) is 1.97. The predicted octanol–water partition coefficient (Wildman–Crippen LogP) is 2.32. The molecule has 1 aromatic carbocycles. The molecule has 1 N–H and O–H groups in total. The minimum atomic E-state index is 0.895. The standard InChI is InChI=1S/C14H15BrN4/c15-12-4-2-1-3-11(12)13-5-6-14(18-17-13)19-9-7-16-8-10-19/h1-6,16H,7-10H2. The first-order valence-corrected chi connectivity index (χ1v) is 7.18. The van der Waals surface area contributed by atoms with Gasteiger partial charge < -0.3 is 10.2 Å². The van der Waals surface area contributed by atoms with Crippen molar-refractivity contribution in [2.24, 2.45) is 0 Å². The summed E-state index contributed by atoms with van der Waals surface area (Å²) in [6.45, 7) is 3.99. The number of halogens is 1. The van der Waals surface area contributed by atoms with Gasteiger partial charge in [0.25, 0.3) is 0 Å². The zero-order valence-electron chi connectivity index (χ0n) is 10.5. The molecule has 1 aromatic heterocycles. The summed E-state index contributed by atoms with van der Waals surface area (Å²) in [6.07, 6.45) is 0. The Hall–Kier alpha value is -1.46. The highest BCUT2D eigenvalue weighted by Gasteiger charge is 2.12. The van der Waals surface area contributed by atoms with Gasteiger partial charge in [-0.25, -0.2) is 0 Å². The number of nitrogens with one attached hydrogen (secondary N) is 1. The smallest absolute Gasteiger partial charge is 0.151 e. The Kier molecular flexibility index (Phi) is 3.75. The van der Waals surface area contributed by atoms with Gasteiger partial charge in [-0.15, -0.1) is 10.2 Å². The van der Waals surface area contributed by atoms with Gasteiger partial charge in [0.05, 0.1) is 5.69 Å². The van der Waals surface area contributed by atoms with Gasteiger partial charge in [0.1, 0.15) is 0 Å². The molecule has 4 nitrogen and oxygen atoms in total. The van der Waals surface area contributed by atoms with Crippen LogP contribution in [0.5, 0.6) is 0 Å². The molecule has 1 fully saturated rings. The van der Waals surface area contributed by atoms with Crippen LogP contribution >= 0.6 is 15.9 Å². The fourth-order valence-corrected chi connectivity index (χ4v) is 2.69. The van der Waals surface area contributed by atoms with Gasteiger partial charge in [0.15, 0.2) is 5.82 Å². The van der Waals surface area contributed by atoms with Crippen molar-refractivity contribution in [2.45, 2.75) is 0 Å². The normalized spacial score (nSPS) is 15.5. The van der Waals surface area contributed by atoms with Gasteiger partial charge in [0, 0.05) is 36.2 Å². The van der Waals surface area contributed by atoms with Crippen molar-refractivity contribution in [3.05, 3.63) is 40.9 Å². The number of nitrogens with zero attached hydrogens (tertiary/aromatic N) is 3. The second-order valence-electron chi connectivity index (χ2n) is 4.49. The second kappa shape index (κ2) is 5.67. The van der Waals surface area contributed by atoms with Crippen molar-refractivity contribution in [3.8, 4) is 11.3 Å². The molecule has 98 valence electrons. The van der Waals surface area contributed by atoms with E-state index in [0.717, 1.165) is 47.7 Å². The van der Waals surface area contributed by atoms with E-state index < -0.39 is 0 Å². The molecule has 19 heavy (non-hydrogen) atoms. The number of piperazine rings is 1. The maximum absolute atomic E-state index is 4.35. The fourth-order valence-electron chi connectivity index (χ4n) is 2.20. The van der Waals surface area contributed by atoms with E-state index in [4.69, 9.17) is 0 Å². The Labute approximate surface area is 121 Å². The third kappa shape index (κ3) is 2.77. The molecule has 0 saturated carbocycles. The number of hydrogen-bond acceptors (Lipinski definition) is 4. The third-order valence-electron chi connectivity index (χ3n) is 3.24. The van der Waals surface area contributed by atoms with Gasteiger partial charge >= 0.3 is 0 Å². The number of benzene rings is 1. The quantitative estimate of drug-likeness (QED) is 0.922. The Morgan fingerprint density at radius 1 is 1.00 bits per heavy atom. The summed E-state index contributed by atoms with van der Waals surface area (Å²) in [6, 6.07) is 12.1. The summed E-state index contributed by atoms with van der Waals surface area (Å²) >= 11 is 3.54. The molecule has 0 radical (unpaired) electrons. The highest BCUT2D eigenvalue weighted by Crippen LogP contribution is 2.26. The van der Waals surface area contributed by atoms with Crippen LogP contribution in [0.25, 0.3) is 11.3 Å². The van der Waals surface area contributed by atoms with Crippen molar-refractivity contribution in [1.29, 1.82) is 0 Å². The number of aromatic nitrogens is 2. The third-order valence-corrected chi connectivity index (χ3v) is 3.93. The van der Waals surface area contributed by atoms with Gasteiger partial charge in [-0.05, 0) is 18.2 Å². The average molecular weight is 319 g/mol. The van der Waals surface area contributed by atoms with Gasteiger partial charge in [0.2, 0.25) is 0 Å². The van der Waals surface area contributed by atoms with Crippen LogP contribution in [0.1, 0.15) is 0 Å². The summed E-state index contributed by atoms with van der Waals surface area (Å²) in [4.78, 5) is 2.26. The van der Waals surface area contributed by atoms with Crippen LogP contribution in [-0.2, 0) is 0 Å². The Bertz CT molecular complexity index is 550. The number of hydrogen-bond donors (Lipinski definition) is 1. The molecule has 3 rings (SSSR count). The highest BCUT2D eigenvalue weighted by atomic mass is 79.9. The van der Waals surface area contributed by atoms with E-state index in [1.54, 1.807) is 0 Å². The van der Waals surface area contributed by atoms with E-state index >= 15 is 0 Å². The van der Waals surface area contributed by atoms with Crippen LogP contribution in [0, 0.1) is 0 Å². The highest BCUT2D eigenvalue weighted by molar-refractivity contribution is 9.10. The van der Waals surface area contributed by atoms with E-state index in [9.17, 15) is 0 Å². The van der Waals surface area contributed by atoms with Crippen LogP contribution in [0.2, 0.25) is 0 Å². The average Bonchev–Trinajstić information content (AvgIpc) is 2.49. The molecule has 0 spiro atoms. The van der Waals surface area contributed by atoms with Gasteiger partial charge in [-0.1, -0.05) is 34.1 Å².